The molecule has 0 aliphatic carbocycles. The molecule has 1 N–H and O–H groups in total. The minimum atomic E-state index is -0.190. The number of fused-ring (bicyclic) bond motifs is 1. The molecule has 8 heteroatoms. The molecule has 0 aromatic heterocycles. The van der Waals surface area contributed by atoms with E-state index in [2.05, 4.69) is 10.3 Å². The third kappa shape index (κ3) is 3.85. The fourth-order valence-electron chi connectivity index (χ4n) is 2.83. The number of aliphatic imine (C=N–C) groups is 1. The van der Waals surface area contributed by atoms with Crippen LogP contribution in [0.1, 0.15) is 17.3 Å². The molecule has 2 heterocycles. The van der Waals surface area contributed by atoms with Gasteiger partial charge in [-0.25, -0.2) is 0 Å². The highest BCUT2D eigenvalue weighted by Crippen LogP contribution is 2.34. The number of carbonyl (C=O) groups excluding carboxylic acids is 2. The summed E-state index contributed by atoms with van der Waals surface area (Å²) in [5.41, 5.74) is 1.88. The van der Waals surface area contributed by atoms with E-state index in [1.165, 1.54) is 11.8 Å². The smallest absolute Gasteiger partial charge is 0.264 e. The maximum absolute atomic E-state index is 13.4. The Morgan fingerprint density at radius 3 is 2.70 bits per heavy atom. The van der Waals surface area contributed by atoms with Crippen molar-refractivity contribution in [3.05, 3.63) is 53.1 Å². The zero-order chi connectivity index (χ0) is 19.0. The van der Waals surface area contributed by atoms with Gasteiger partial charge in [-0.05, 0) is 49.4 Å². The number of carbonyl (C=O) groups is 2. The molecule has 2 aliphatic heterocycles. The van der Waals surface area contributed by atoms with Crippen molar-refractivity contribution in [2.75, 3.05) is 21.7 Å². The lowest BCUT2D eigenvalue weighted by molar-refractivity contribution is -0.113. The fourth-order valence-corrected chi connectivity index (χ4v) is 4.78. The van der Waals surface area contributed by atoms with Gasteiger partial charge in [-0.15, -0.1) is 11.8 Å². The van der Waals surface area contributed by atoms with Gasteiger partial charge in [0.05, 0.1) is 23.2 Å². The average molecular weight is 418 g/mol. The molecule has 27 heavy (non-hydrogen) atoms. The van der Waals surface area contributed by atoms with Crippen LogP contribution in [-0.4, -0.2) is 34.5 Å². The molecule has 2 aromatic carbocycles. The van der Waals surface area contributed by atoms with E-state index in [-0.39, 0.29) is 17.9 Å². The second-order valence-corrected chi connectivity index (χ2v) is 8.68. The maximum atomic E-state index is 13.4. The SMILES string of the molecule is CC1CSC(N(C(=O)c2ccc3c(c2)NC(=O)CS3)c2ccc(Cl)cc2)=N1. The molecule has 0 saturated heterocycles. The van der Waals surface area contributed by atoms with Crippen molar-refractivity contribution >= 4 is 63.5 Å². The first-order chi connectivity index (χ1) is 13.0. The van der Waals surface area contributed by atoms with Crippen molar-refractivity contribution in [1.82, 2.24) is 0 Å². The summed E-state index contributed by atoms with van der Waals surface area (Å²) in [6, 6.07) is 12.7. The molecule has 1 unspecified atom stereocenters. The summed E-state index contributed by atoms with van der Waals surface area (Å²) in [4.78, 5) is 32.2. The molecular weight excluding hydrogens is 402 g/mol. The Bertz CT molecular complexity index is 946. The quantitative estimate of drug-likeness (QED) is 0.780. The number of hydrogen-bond acceptors (Lipinski definition) is 5. The van der Waals surface area contributed by atoms with E-state index in [9.17, 15) is 9.59 Å². The van der Waals surface area contributed by atoms with Crippen LogP contribution in [0.25, 0.3) is 0 Å². The first-order valence-electron chi connectivity index (χ1n) is 8.38. The van der Waals surface area contributed by atoms with Gasteiger partial charge in [-0.1, -0.05) is 23.4 Å². The molecular formula is C19H16ClN3O2S2. The van der Waals surface area contributed by atoms with Gasteiger partial charge >= 0.3 is 0 Å². The zero-order valence-corrected chi connectivity index (χ0v) is 16.8. The number of halogens is 1. The Labute approximate surface area is 170 Å². The minimum absolute atomic E-state index is 0.0591. The predicted octanol–water partition coefficient (Wildman–Crippen LogP) is 4.52. The third-order valence-corrected chi connectivity index (χ3v) is 6.64. The summed E-state index contributed by atoms with van der Waals surface area (Å²) in [7, 11) is 0. The number of nitrogens with zero attached hydrogens (tertiary/aromatic N) is 2. The van der Waals surface area contributed by atoms with Crippen molar-refractivity contribution in [1.29, 1.82) is 0 Å². The molecule has 2 amide bonds. The van der Waals surface area contributed by atoms with Crippen molar-refractivity contribution in [2.24, 2.45) is 4.99 Å². The Balaban J connectivity index is 1.73. The third-order valence-electron chi connectivity index (χ3n) is 4.12. The van der Waals surface area contributed by atoms with Gasteiger partial charge in [-0.2, -0.15) is 0 Å². The number of thioether (sulfide) groups is 2. The number of hydrogen-bond donors (Lipinski definition) is 1. The summed E-state index contributed by atoms with van der Waals surface area (Å²) in [5.74, 6) is 0.980. The van der Waals surface area contributed by atoms with Crippen LogP contribution < -0.4 is 10.2 Å². The van der Waals surface area contributed by atoms with Crippen LogP contribution in [0.2, 0.25) is 5.02 Å². The number of rotatable bonds is 2. The van der Waals surface area contributed by atoms with Crippen molar-refractivity contribution in [3.63, 3.8) is 0 Å². The highest BCUT2D eigenvalue weighted by Gasteiger charge is 2.28. The Hall–Kier alpha value is -1.96. The molecule has 2 aliphatic rings. The van der Waals surface area contributed by atoms with E-state index in [1.54, 1.807) is 40.9 Å². The number of amidine groups is 1. The lowest BCUT2D eigenvalue weighted by atomic mass is 10.1. The summed E-state index contributed by atoms with van der Waals surface area (Å²) in [6.07, 6.45) is 0. The van der Waals surface area contributed by atoms with Gasteiger partial charge in [0.25, 0.3) is 5.91 Å². The number of nitrogens with one attached hydrogen (secondary N) is 1. The molecule has 5 nitrogen and oxygen atoms in total. The molecule has 4 rings (SSSR count). The van der Waals surface area contributed by atoms with Crippen molar-refractivity contribution in [2.45, 2.75) is 17.9 Å². The van der Waals surface area contributed by atoms with Crippen LogP contribution in [0.3, 0.4) is 0 Å². The summed E-state index contributed by atoms with van der Waals surface area (Å²) < 4.78 is 0. The topological polar surface area (TPSA) is 61.8 Å². The molecule has 1 atom stereocenters. The van der Waals surface area contributed by atoms with Gasteiger partial charge in [0, 0.05) is 21.2 Å². The van der Waals surface area contributed by atoms with Gasteiger partial charge in [-0.3, -0.25) is 19.5 Å². The molecule has 0 bridgehead atoms. The molecule has 0 radical (unpaired) electrons. The van der Waals surface area contributed by atoms with Gasteiger partial charge < -0.3 is 5.32 Å². The minimum Gasteiger partial charge on any atom is -0.324 e. The van der Waals surface area contributed by atoms with Gasteiger partial charge in [0.2, 0.25) is 5.91 Å². The fraction of sp³-hybridized carbons (Fsp3) is 0.211. The first-order valence-corrected chi connectivity index (χ1v) is 10.7. The zero-order valence-electron chi connectivity index (χ0n) is 14.4. The van der Waals surface area contributed by atoms with Gasteiger partial charge in [0.1, 0.15) is 0 Å². The van der Waals surface area contributed by atoms with Crippen molar-refractivity contribution in [3.8, 4) is 0 Å². The van der Waals surface area contributed by atoms with Gasteiger partial charge in [0.15, 0.2) is 5.17 Å². The maximum Gasteiger partial charge on any atom is 0.264 e. The Kier molecular flexibility index (Phi) is 5.16. The lowest BCUT2D eigenvalue weighted by Gasteiger charge is -2.23. The Morgan fingerprint density at radius 2 is 2.00 bits per heavy atom. The van der Waals surface area contributed by atoms with E-state index >= 15 is 0 Å². The molecule has 138 valence electrons. The molecule has 0 spiro atoms. The van der Waals surface area contributed by atoms with Crippen LogP contribution in [-0.2, 0) is 4.79 Å². The monoisotopic (exact) mass is 417 g/mol. The highest BCUT2D eigenvalue weighted by molar-refractivity contribution is 8.14. The predicted molar refractivity (Wildman–Crippen MR) is 113 cm³/mol. The van der Waals surface area contributed by atoms with E-state index in [4.69, 9.17) is 11.6 Å². The number of amides is 2. The van der Waals surface area contributed by atoms with E-state index < -0.39 is 0 Å². The standard InChI is InChI=1S/C19H16ClN3O2S2/c1-11-9-27-19(21-11)23(14-5-3-13(20)4-6-14)18(25)12-2-7-16-15(8-12)22-17(24)10-26-16/h2-8,11H,9-10H2,1H3,(H,22,24). The summed E-state index contributed by atoms with van der Waals surface area (Å²) in [5, 5.41) is 4.11. The largest absolute Gasteiger partial charge is 0.324 e. The first kappa shape index (κ1) is 18.4. The van der Waals surface area contributed by atoms with Crippen LogP contribution in [0.15, 0.2) is 52.4 Å². The second kappa shape index (κ2) is 7.58. The molecule has 0 fully saturated rings. The molecule has 0 saturated carbocycles. The van der Waals surface area contributed by atoms with E-state index in [0.29, 0.717) is 32.9 Å². The van der Waals surface area contributed by atoms with Crippen molar-refractivity contribution < 1.29 is 9.59 Å². The Morgan fingerprint density at radius 1 is 1.22 bits per heavy atom. The second-order valence-electron chi connectivity index (χ2n) is 6.24. The highest BCUT2D eigenvalue weighted by atomic mass is 35.5. The normalized spacial score (nSPS) is 18.5. The van der Waals surface area contributed by atoms with Crippen LogP contribution >= 0.6 is 35.1 Å². The van der Waals surface area contributed by atoms with E-state index in [0.717, 1.165) is 10.6 Å². The van der Waals surface area contributed by atoms with Crippen LogP contribution in [0.4, 0.5) is 11.4 Å². The van der Waals surface area contributed by atoms with Crippen LogP contribution in [0, 0.1) is 0 Å². The average Bonchev–Trinajstić information content (AvgIpc) is 3.08. The number of benzene rings is 2. The van der Waals surface area contributed by atoms with Crippen LogP contribution in [0.5, 0.6) is 0 Å². The lowest BCUT2D eigenvalue weighted by Crippen LogP contribution is -2.34. The van der Waals surface area contributed by atoms with E-state index in [1.807, 2.05) is 25.1 Å². The summed E-state index contributed by atoms with van der Waals surface area (Å²) >= 11 is 9.04. The molecule has 2 aromatic rings. The summed E-state index contributed by atoms with van der Waals surface area (Å²) in [6.45, 7) is 2.02. The number of anilines is 2.